The molecule has 25 heavy (non-hydrogen) atoms. The highest BCUT2D eigenvalue weighted by atomic mass is 16.4. The average Bonchev–Trinajstić information content (AvgIpc) is 3.13. The van der Waals surface area contributed by atoms with Gasteiger partial charge in [0.25, 0.3) is 0 Å². The van der Waals surface area contributed by atoms with E-state index in [9.17, 15) is 9.59 Å². The lowest BCUT2D eigenvalue weighted by atomic mass is 9.81. The zero-order valence-electron chi connectivity index (χ0n) is 14.1. The van der Waals surface area contributed by atoms with Gasteiger partial charge in [-0.2, -0.15) is 5.10 Å². The van der Waals surface area contributed by atoms with E-state index in [-0.39, 0.29) is 17.7 Å². The van der Waals surface area contributed by atoms with Crippen LogP contribution in [0.5, 0.6) is 0 Å². The van der Waals surface area contributed by atoms with Crippen molar-refractivity contribution in [2.24, 2.45) is 11.8 Å². The molecule has 1 heterocycles. The molecule has 2 N–H and O–H groups in total. The SMILES string of the molecule is O=C(O)C1CCCC(C(=O)NCc2cccc(Cn3cccn3)c2)C1. The number of nitrogens with one attached hydrogen (secondary N) is 1. The Kier molecular flexibility index (Phi) is 5.48. The van der Waals surface area contributed by atoms with E-state index in [0.29, 0.717) is 25.9 Å². The highest BCUT2D eigenvalue weighted by Crippen LogP contribution is 2.29. The molecule has 3 rings (SSSR count). The molecule has 0 bridgehead atoms. The summed E-state index contributed by atoms with van der Waals surface area (Å²) in [5.74, 6) is -1.41. The summed E-state index contributed by atoms with van der Waals surface area (Å²) in [5.41, 5.74) is 2.16. The van der Waals surface area contributed by atoms with E-state index >= 15 is 0 Å². The van der Waals surface area contributed by atoms with E-state index in [1.165, 1.54) is 0 Å². The fourth-order valence-electron chi connectivity index (χ4n) is 3.40. The number of carbonyl (C=O) groups is 2. The Morgan fingerprint density at radius 2 is 2.00 bits per heavy atom. The normalized spacial score (nSPS) is 20.2. The van der Waals surface area contributed by atoms with Crippen molar-refractivity contribution in [1.29, 1.82) is 0 Å². The van der Waals surface area contributed by atoms with Gasteiger partial charge in [-0.05, 0) is 36.5 Å². The second-order valence-corrected chi connectivity index (χ2v) is 6.64. The summed E-state index contributed by atoms with van der Waals surface area (Å²) < 4.78 is 1.85. The van der Waals surface area contributed by atoms with E-state index in [1.807, 2.05) is 35.1 Å². The van der Waals surface area contributed by atoms with Crippen LogP contribution in [0.25, 0.3) is 0 Å². The maximum absolute atomic E-state index is 12.4. The third-order valence-electron chi connectivity index (χ3n) is 4.76. The average molecular weight is 341 g/mol. The van der Waals surface area contributed by atoms with Gasteiger partial charge in [-0.15, -0.1) is 0 Å². The van der Waals surface area contributed by atoms with Gasteiger partial charge in [0.05, 0.1) is 12.5 Å². The minimum absolute atomic E-state index is 0.0385. The molecule has 6 nitrogen and oxygen atoms in total. The van der Waals surface area contributed by atoms with E-state index in [2.05, 4.69) is 16.5 Å². The van der Waals surface area contributed by atoms with Crippen molar-refractivity contribution in [3.05, 3.63) is 53.9 Å². The molecule has 2 unspecified atom stereocenters. The number of rotatable bonds is 6. The van der Waals surface area contributed by atoms with Crippen molar-refractivity contribution in [3.63, 3.8) is 0 Å². The van der Waals surface area contributed by atoms with E-state index < -0.39 is 5.97 Å². The van der Waals surface area contributed by atoms with Gasteiger partial charge in [-0.25, -0.2) is 0 Å². The Hall–Kier alpha value is -2.63. The highest BCUT2D eigenvalue weighted by Gasteiger charge is 2.30. The van der Waals surface area contributed by atoms with Crippen LogP contribution < -0.4 is 5.32 Å². The lowest BCUT2D eigenvalue weighted by Gasteiger charge is -2.25. The summed E-state index contributed by atoms with van der Waals surface area (Å²) in [6, 6.07) is 9.93. The zero-order valence-corrected chi connectivity index (χ0v) is 14.1. The minimum atomic E-state index is -0.788. The number of carboxylic acid groups (broad SMARTS) is 1. The van der Waals surface area contributed by atoms with Crippen molar-refractivity contribution < 1.29 is 14.7 Å². The molecule has 0 spiro atoms. The second-order valence-electron chi connectivity index (χ2n) is 6.64. The van der Waals surface area contributed by atoms with E-state index in [0.717, 1.165) is 24.0 Å². The summed E-state index contributed by atoms with van der Waals surface area (Å²) in [4.78, 5) is 23.5. The van der Waals surface area contributed by atoms with Gasteiger partial charge >= 0.3 is 5.97 Å². The first-order valence-electron chi connectivity index (χ1n) is 8.67. The number of benzene rings is 1. The fraction of sp³-hybridized carbons (Fsp3) is 0.421. The molecular weight excluding hydrogens is 318 g/mol. The molecule has 2 atom stereocenters. The van der Waals surface area contributed by atoms with Gasteiger partial charge in [0.2, 0.25) is 5.91 Å². The van der Waals surface area contributed by atoms with Crippen LogP contribution >= 0.6 is 0 Å². The van der Waals surface area contributed by atoms with Gasteiger partial charge in [0.15, 0.2) is 0 Å². The van der Waals surface area contributed by atoms with Crippen LogP contribution in [0.2, 0.25) is 0 Å². The quantitative estimate of drug-likeness (QED) is 0.845. The molecule has 1 aromatic heterocycles. The number of aromatic nitrogens is 2. The van der Waals surface area contributed by atoms with Gasteiger partial charge in [-0.3, -0.25) is 14.3 Å². The van der Waals surface area contributed by atoms with E-state index in [4.69, 9.17) is 5.11 Å². The van der Waals surface area contributed by atoms with Gasteiger partial charge in [0, 0.05) is 24.9 Å². The molecule has 6 heteroatoms. The second kappa shape index (κ2) is 7.96. The van der Waals surface area contributed by atoms with Gasteiger partial charge < -0.3 is 10.4 Å². The van der Waals surface area contributed by atoms with Crippen LogP contribution in [0.15, 0.2) is 42.7 Å². The molecular formula is C19H23N3O3. The molecule has 1 saturated carbocycles. The Labute approximate surface area is 146 Å². The monoisotopic (exact) mass is 341 g/mol. The van der Waals surface area contributed by atoms with Crippen molar-refractivity contribution >= 4 is 11.9 Å². The van der Waals surface area contributed by atoms with Crippen LogP contribution in [0.4, 0.5) is 0 Å². The third kappa shape index (κ3) is 4.68. The number of hydrogen-bond acceptors (Lipinski definition) is 3. The first-order valence-corrected chi connectivity index (χ1v) is 8.67. The molecule has 1 fully saturated rings. The van der Waals surface area contributed by atoms with Crippen LogP contribution in [-0.2, 0) is 22.7 Å². The Morgan fingerprint density at radius 3 is 2.76 bits per heavy atom. The lowest BCUT2D eigenvalue weighted by molar-refractivity contribution is -0.144. The largest absolute Gasteiger partial charge is 0.481 e. The van der Waals surface area contributed by atoms with E-state index in [1.54, 1.807) is 6.20 Å². The molecule has 1 aliphatic carbocycles. The Morgan fingerprint density at radius 1 is 1.20 bits per heavy atom. The van der Waals surface area contributed by atoms with Crippen LogP contribution in [0.3, 0.4) is 0 Å². The van der Waals surface area contributed by atoms with Gasteiger partial charge in [-0.1, -0.05) is 30.7 Å². The molecule has 0 aliphatic heterocycles. The van der Waals surface area contributed by atoms with Crippen LogP contribution in [0, 0.1) is 11.8 Å². The molecule has 1 aromatic carbocycles. The topological polar surface area (TPSA) is 84.2 Å². The molecule has 0 saturated heterocycles. The summed E-state index contributed by atoms with van der Waals surface area (Å²) in [5, 5.41) is 16.3. The molecule has 132 valence electrons. The number of nitrogens with zero attached hydrogens (tertiary/aromatic N) is 2. The zero-order chi connectivity index (χ0) is 17.6. The van der Waals surface area contributed by atoms with Crippen molar-refractivity contribution in [2.45, 2.75) is 38.8 Å². The third-order valence-corrected chi connectivity index (χ3v) is 4.76. The summed E-state index contributed by atoms with van der Waals surface area (Å²) >= 11 is 0. The maximum atomic E-state index is 12.4. The summed E-state index contributed by atoms with van der Waals surface area (Å²) in [6.07, 6.45) is 6.35. The standard InChI is InChI=1S/C19H23N3O3/c23-18(16-6-2-7-17(11-16)19(24)25)20-12-14-4-1-5-15(10-14)13-22-9-3-8-21-22/h1,3-5,8-10,16-17H,2,6-7,11-13H2,(H,20,23)(H,24,25). The van der Waals surface area contributed by atoms with Gasteiger partial charge in [0.1, 0.15) is 0 Å². The van der Waals surface area contributed by atoms with Crippen LogP contribution in [0.1, 0.15) is 36.8 Å². The molecule has 1 amide bonds. The summed E-state index contributed by atoms with van der Waals surface area (Å²) in [7, 11) is 0. The Bertz CT molecular complexity index is 727. The predicted molar refractivity (Wildman–Crippen MR) is 92.7 cm³/mol. The minimum Gasteiger partial charge on any atom is -0.481 e. The van der Waals surface area contributed by atoms with Crippen molar-refractivity contribution in [2.75, 3.05) is 0 Å². The number of aliphatic carboxylic acids is 1. The predicted octanol–water partition coefficient (Wildman–Crippen LogP) is 2.44. The first-order chi connectivity index (χ1) is 12.1. The summed E-state index contributed by atoms with van der Waals surface area (Å²) in [6.45, 7) is 1.15. The molecule has 0 radical (unpaired) electrons. The number of amides is 1. The first kappa shape index (κ1) is 17.2. The Balaban J connectivity index is 1.54. The highest BCUT2D eigenvalue weighted by molar-refractivity contribution is 5.80. The molecule has 1 aliphatic rings. The molecule has 2 aromatic rings. The number of hydrogen-bond donors (Lipinski definition) is 2. The van der Waals surface area contributed by atoms with Crippen LogP contribution in [-0.4, -0.2) is 26.8 Å². The van der Waals surface area contributed by atoms with Crippen molar-refractivity contribution in [1.82, 2.24) is 15.1 Å². The maximum Gasteiger partial charge on any atom is 0.306 e. The number of carbonyl (C=O) groups excluding carboxylic acids is 1. The lowest BCUT2D eigenvalue weighted by Crippen LogP contribution is -2.35. The fourth-order valence-corrected chi connectivity index (χ4v) is 3.40. The smallest absolute Gasteiger partial charge is 0.306 e. The van der Waals surface area contributed by atoms with Crippen molar-refractivity contribution in [3.8, 4) is 0 Å². The number of carboxylic acids is 1.